The van der Waals surface area contributed by atoms with Crippen LogP contribution in [-0.2, 0) is 20.7 Å². The Bertz CT molecular complexity index is 482. The van der Waals surface area contributed by atoms with Crippen molar-refractivity contribution in [2.45, 2.75) is 32.8 Å². The highest BCUT2D eigenvalue weighted by Crippen LogP contribution is 2.17. The van der Waals surface area contributed by atoms with E-state index in [0.717, 1.165) is 0 Å². The minimum absolute atomic E-state index is 0.0203. The molecule has 0 fully saturated rings. The standard InChI is InChI=1S/C13H16ClNO4/c1-13(2,3)19-12(18)9(11(16)17)6-8-4-5-15-10(14)7-8/h4-5,7,9H,6H2,1-3H3,(H,16,17). The van der Waals surface area contributed by atoms with E-state index in [1.54, 1.807) is 26.8 Å². The third kappa shape index (κ3) is 5.26. The van der Waals surface area contributed by atoms with E-state index in [1.807, 2.05) is 0 Å². The molecule has 0 saturated carbocycles. The predicted molar refractivity (Wildman–Crippen MR) is 69.9 cm³/mol. The van der Waals surface area contributed by atoms with Crippen LogP contribution in [0.1, 0.15) is 26.3 Å². The molecule has 1 aromatic rings. The minimum atomic E-state index is -1.25. The van der Waals surface area contributed by atoms with Gasteiger partial charge in [0.1, 0.15) is 10.8 Å². The van der Waals surface area contributed by atoms with Gasteiger partial charge in [-0.3, -0.25) is 9.59 Å². The Morgan fingerprint density at radius 2 is 2.11 bits per heavy atom. The summed E-state index contributed by atoms with van der Waals surface area (Å²) < 4.78 is 5.10. The average molecular weight is 286 g/mol. The average Bonchev–Trinajstić information content (AvgIpc) is 2.23. The Kier molecular flexibility index (Phi) is 4.89. The van der Waals surface area contributed by atoms with Crippen molar-refractivity contribution in [2.24, 2.45) is 5.92 Å². The summed E-state index contributed by atoms with van der Waals surface area (Å²) >= 11 is 5.72. The Labute approximate surface area is 116 Å². The van der Waals surface area contributed by atoms with Crippen LogP contribution in [0, 0.1) is 5.92 Å². The third-order valence-electron chi connectivity index (χ3n) is 2.22. The molecule has 104 valence electrons. The number of hydrogen-bond donors (Lipinski definition) is 1. The first-order valence-corrected chi connectivity index (χ1v) is 6.13. The minimum Gasteiger partial charge on any atom is -0.481 e. The van der Waals surface area contributed by atoms with Crippen molar-refractivity contribution in [3.05, 3.63) is 29.0 Å². The van der Waals surface area contributed by atoms with E-state index in [0.29, 0.717) is 5.56 Å². The van der Waals surface area contributed by atoms with Gasteiger partial charge in [0.15, 0.2) is 5.92 Å². The predicted octanol–water partition coefficient (Wildman–Crippen LogP) is 2.32. The zero-order valence-corrected chi connectivity index (χ0v) is 11.8. The summed E-state index contributed by atoms with van der Waals surface area (Å²) in [5, 5.41) is 9.38. The quantitative estimate of drug-likeness (QED) is 0.522. The van der Waals surface area contributed by atoms with Gasteiger partial charge in [-0.15, -0.1) is 0 Å². The number of rotatable bonds is 4. The smallest absolute Gasteiger partial charge is 0.321 e. The van der Waals surface area contributed by atoms with Crippen molar-refractivity contribution in [2.75, 3.05) is 0 Å². The molecule has 0 aromatic carbocycles. The van der Waals surface area contributed by atoms with Gasteiger partial charge in [-0.1, -0.05) is 11.6 Å². The Morgan fingerprint density at radius 1 is 1.47 bits per heavy atom. The maximum atomic E-state index is 11.8. The number of aliphatic carboxylic acids is 1. The van der Waals surface area contributed by atoms with Crippen LogP contribution in [0.15, 0.2) is 18.3 Å². The number of hydrogen-bond acceptors (Lipinski definition) is 4. The molecule has 1 rings (SSSR count). The van der Waals surface area contributed by atoms with Gasteiger partial charge in [-0.05, 0) is 44.9 Å². The van der Waals surface area contributed by atoms with Gasteiger partial charge in [0, 0.05) is 6.20 Å². The molecule has 0 radical (unpaired) electrons. The van der Waals surface area contributed by atoms with Crippen LogP contribution in [0.4, 0.5) is 0 Å². The lowest BCUT2D eigenvalue weighted by Gasteiger charge is -2.22. The van der Waals surface area contributed by atoms with Crippen molar-refractivity contribution >= 4 is 23.5 Å². The Balaban J connectivity index is 2.84. The number of ether oxygens (including phenoxy) is 1. The number of esters is 1. The van der Waals surface area contributed by atoms with Gasteiger partial charge in [-0.2, -0.15) is 0 Å². The van der Waals surface area contributed by atoms with E-state index in [9.17, 15) is 9.59 Å². The first-order chi connectivity index (χ1) is 8.69. The number of aromatic nitrogens is 1. The molecule has 0 aliphatic rings. The molecule has 1 N–H and O–H groups in total. The molecule has 1 unspecified atom stereocenters. The van der Waals surface area contributed by atoms with E-state index >= 15 is 0 Å². The second-order valence-electron chi connectivity index (χ2n) is 5.12. The fourth-order valence-corrected chi connectivity index (χ4v) is 1.65. The van der Waals surface area contributed by atoms with Gasteiger partial charge < -0.3 is 9.84 Å². The lowest BCUT2D eigenvalue weighted by molar-refractivity contribution is -0.166. The van der Waals surface area contributed by atoms with E-state index in [2.05, 4.69) is 4.98 Å². The summed E-state index contributed by atoms with van der Waals surface area (Å²) in [6.07, 6.45) is 1.48. The molecule has 19 heavy (non-hydrogen) atoms. The maximum absolute atomic E-state index is 11.8. The van der Waals surface area contributed by atoms with Crippen LogP contribution >= 0.6 is 11.6 Å². The summed E-state index contributed by atoms with van der Waals surface area (Å²) in [4.78, 5) is 26.8. The molecule has 0 bridgehead atoms. The van der Waals surface area contributed by atoms with Crippen LogP contribution in [0.3, 0.4) is 0 Å². The first-order valence-electron chi connectivity index (χ1n) is 5.75. The van der Waals surface area contributed by atoms with E-state index in [-0.39, 0.29) is 11.6 Å². The molecule has 0 aliphatic carbocycles. The first kappa shape index (κ1) is 15.4. The number of nitrogens with zero attached hydrogens (tertiary/aromatic N) is 1. The highest BCUT2D eigenvalue weighted by molar-refractivity contribution is 6.29. The van der Waals surface area contributed by atoms with Gasteiger partial charge in [-0.25, -0.2) is 4.98 Å². The topological polar surface area (TPSA) is 76.5 Å². The van der Waals surface area contributed by atoms with Crippen molar-refractivity contribution in [3.63, 3.8) is 0 Å². The normalized spacial score (nSPS) is 12.8. The summed E-state index contributed by atoms with van der Waals surface area (Å²) in [5.74, 6) is -3.23. The van der Waals surface area contributed by atoms with Crippen molar-refractivity contribution in [3.8, 4) is 0 Å². The summed E-state index contributed by atoms with van der Waals surface area (Å²) in [5.41, 5.74) is -0.0982. The molecule has 0 saturated heterocycles. The van der Waals surface area contributed by atoms with E-state index < -0.39 is 23.5 Å². The summed E-state index contributed by atoms with van der Waals surface area (Å²) in [6.45, 7) is 5.06. The zero-order chi connectivity index (χ0) is 14.6. The molecular weight excluding hydrogens is 270 g/mol. The molecule has 5 nitrogen and oxygen atoms in total. The SMILES string of the molecule is CC(C)(C)OC(=O)C(Cc1ccnc(Cl)c1)C(=O)O. The molecule has 0 spiro atoms. The molecule has 1 aromatic heterocycles. The molecule has 0 aliphatic heterocycles. The fraction of sp³-hybridized carbons (Fsp3) is 0.462. The van der Waals surface area contributed by atoms with Gasteiger partial charge in [0.2, 0.25) is 0 Å². The fourth-order valence-electron chi connectivity index (χ4n) is 1.45. The zero-order valence-electron chi connectivity index (χ0n) is 11.0. The number of pyridine rings is 1. The lowest BCUT2D eigenvalue weighted by atomic mass is 10.00. The van der Waals surface area contributed by atoms with Crippen LogP contribution in [0.5, 0.6) is 0 Å². The molecule has 1 heterocycles. The van der Waals surface area contributed by atoms with Crippen LogP contribution in [0.2, 0.25) is 5.15 Å². The highest BCUT2D eigenvalue weighted by Gasteiger charge is 2.31. The molecule has 0 amide bonds. The number of halogens is 1. The van der Waals surface area contributed by atoms with Crippen molar-refractivity contribution < 1.29 is 19.4 Å². The van der Waals surface area contributed by atoms with Crippen LogP contribution < -0.4 is 0 Å². The number of carboxylic acid groups (broad SMARTS) is 1. The van der Waals surface area contributed by atoms with E-state index in [4.69, 9.17) is 21.4 Å². The van der Waals surface area contributed by atoms with Gasteiger partial charge >= 0.3 is 11.9 Å². The number of carbonyl (C=O) groups is 2. The highest BCUT2D eigenvalue weighted by atomic mass is 35.5. The molecule has 6 heteroatoms. The maximum Gasteiger partial charge on any atom is 0.321 e. The third-order valence-corrected chi connectivity index (χ3v) is 2.43. The molecular formula is C13H16ClNO4. The number of carbonyl (C=O) groups excluding carboxylic acids is 1. The largest absolute Gasteiger partial charge is 0.481 e. The summed E-state index contributed by atoms with van der Waals surface area (Å²) in [7, 11) is 0. The Morgan fingerprint density at radius 3 is 2.58 bits per heavy atom. The molecule has 1 atom stereocenters. The van der Waals surface area contributed by atoms with Crippen molar-refractivity contribution in [1.82, 2.24) is 4.98 Å². The van der Waals surface area contributed by atoms with Gasteiger partial charge in [0.25, 0.3) is 0 Å². The monoisotopic (exact) mass is 285 g/mol. The van der Waals surface area contributed by atoms with E-state index in [1.165, 1.54) is 12.3 Å². The van der Waals surface area contributed by atoms with Crippen molar-refractivity contribution in [1.29, 1.82) is 0 Å². The lowest BCUT2D eigenvalue weighted by Crippen LogP contribution is -2.34. The second-order valence-corrected chi connectivity index (χ2v) is 5.50. The summed E-state index contributed by atoms with van der Waals surface area (Å²) in [6, 6.07) is 3.15. The van der Waals surface area contributed by atoms with Crippen LogP contribution in [-0.4, -0.2) is 27.6 Å². The van der Waals surface area contributed by atoms with Gasteiger partial charge in [0.05, 0.1) is 0 Å². The van der Waals surface area contributed by atoms with Crippen LogP contribution in [0.25, 0.3) is 0 Å². The Hall–Kier alpha value is -1.62. The number of carboxylic acids is 1. The second kappa shape index (κ2) is 6.02.